The maximum absolute atomic E-state index is 12.8. The molecule has 0 aromatic heterocycles. The molecule has 2 nitrogen and oxygen atoms in total. The van der Waals surface area contributed by atoms with Gasteiger partial charge in [-0.15, -0.1) is 0 Å². The molecule has 0 aliphatic rings. The normalized spacial score (nSPS) is 11.6. The van der Waals surface area contributed by atoms with Gasteiger partial charge in [-0.2, -0.15) is 13.2 Å². The molecule has 0 aliphatic carbocycles. The molecular weight excluding hydrogens is 332 g/mol. The fraction of sp³-hybridized carbons (Fsp3) is 0.417. The van der Waals surface area contributed by atoms with Crippen molar-refractivity contribution in [3.05, 3.63) is 34.1 Å². The molecule has 0 spiro atoms. The minimum Gasteiger partial charge on any atom is -0.372 e. The Labute approximate surface area is 115 Å². The van der Waals surface area contributed by atoms with Crippen molar-refractivity contribution in [2.24, 2.45) is 0 Å². The van der Waals surface area contributed by atoms with Crippen LogP contribution in [0.1, 0.15) is 12.0 Å². The van der Waals surface area contributed by atoms with Gasteiger partial charge in [0.1, 0.15) is 18.2 Å². The van der Waals surface area contributed by atoms with Gasteiger partial charge in [0.15, 0.2) is 0 Å². The molecule has 0 amide bonds. The number of ether oxygens (including phenoxy) is 1. The van der Waals surface area contributed by atoms with Gasteiger partial charge in [-0.1, -0.05) is 22.0 Å². The Bertz CT molecular complexity index is 446. The lowest BCUT2D eigenvalue weighted by Gasteiger charge is -2.07. The van der Waals surface area contributed by atoms with Crippen LogP contribution in [0.5, 0.6) is 0 Å². The molecule has 0 fully saturated rings. The lowest BCUT2D eigenvalue weighted by Crippen LogP contribution is -2.18. The van der Waals surface area contributed by atoms with Crippen molar-refractivity contribution in [3.8, 4) is 0 Å². The van der Waals surface area contributed by atoms with Crippen LogP contribution in [0.3, 0.4) is 0 Å². The van der Waals surface area contributed by atoms with E-state index in [4.69, 9.17) is 0 Å². The molecule has 19 heavy (non-hydrogen) atoms. The van der Waals surface area contributed by atoms with Gasteiger partial charge in [0.05, 0.1) is 6.61 Å². The van der Waals surface area contributed by atoms with Crippen LogP contribution in [0.25, 0.3) is 0 Å². The van der Waals surface area contributed by atoms with Crippen LogP contribution in [-0.2, 0) is 16.0 Å². The van der Waals surface area contributed by atoms with Crippen LogP contribution >= 0.6 is 15.9 Å². The summed E-state index contributed by atoms with van der Waals surface area (Å²) in [6, 6.07) is 3.89. The SMILES string of the molecule is O=C(CCOCC(F)(F)F)Cc1ccc(F)cc1Br. The minimum atomic E-state index is -4.39. The highest BCUT2D eigenvalue weighted by Gasteiger charge is 2.27. The van der Waals surface area contributed by atoms with E-state index in [0.717, 1.165) is 0 Å². The van der Waals surface area contributed by atoms with Crippen LogP contribution < -0.4 is 0 Å². The van der Waals surface area contributed by atoms with Gasteiger partial charge in [-0.25, -0.2) is 4.39 Å². The predicted octanol–water partition coefficient (Wildman–Crippen LogP) is 3.67. The smallest absolute Gasteiger partial charge is 0.372 e. The van der Waals surface area contributed by atoms with Gasteiger partial charge in [0, 0.05) is 17.3 Å². The number of carbonyl (C=O) groups excluding carboxylic acids is 1. The molecule has 0 unspecified atom stereocenters. The summed E-state index contributed by atoms with van der Waals surface area (Å²) >= 11 is 3.11. The Hall–Kier alpha value is -0.950. The van der Waals surface area contributed by atoms with Crippen LogP contribution in [0.4, 0.5) is 17.6 Å². The second kappa shape index (κ2) is 7.00. The Morgan fingerprint density at radius 1 is 1.32 bits per heavy atom. The molecule has 0 radical (unpaired) electrons. The zero-order chi connectivity index (χ0) is 14.5. The lowest BCUT2D eigenvalue weighted by molar-refractivity contribution is -0.174. The van der Waals surface area contributed by atoms with Gasteiger partial charge in [-0.3, -0.25) is 4.79 Å². The Balaban J connectivity index is 2.35. The summed E-state index contributed by atoms with van der Waals surface area (Å²) < 4.78 is 52.9. The maximum atomic E-state index is 12.8. The summed E-state index contributed by atoms with van der Waals surface area (Å²) in [5.41, 5.74) is 0.585. The van der Waals surface area contributed by atoms with Crippen molar-refractivity contribution < 1.29 is 27.1 Å². The second-order valence-corrected chi connectivity index (χ2v) is 4.72. The van der Waals surface area contributed by atoms with E-state index < -0.39 is 18.6 Å². The van der Waals surface area contributed by atoms with E-state index in [9.17, 15) is 22.4 Å². The number of alkyl halides is 3. The van der Waals surface area contributed by atoms with Crippen LogP contribution in [0.15, 0.2) is 22.7 Å². The van der Waals surface area contributed by atoms with Crippen LogP contribution in [0.2, 0.25) is 0 Å². The molecule has 106 valence electrons. The van der Waals surface area contributed by atoms with Gasteiger partial charge < -0.3 is 4.74 Å². The first-order valence-corrected chi connectivity index (χ1v) is 6.17. The number of benzene rings is 1. The molecule has 7 heteroatoms. The highest BCUT2D eigenvalue weighted by Crippen LogP contribution is 2.19. The summed E-state index contributed by atoms with van der Waals surface area (Å²) in [6.45, 7) is -1.64. The van der Waals surface area contributed by atoms with E-state index in [-0.39, 0.29) is 25.2 Å². The zero-order valence-electron chi connectivity index (χ0n) is 9.77. The fourth-order valence-electron chi connectivity index (χ4n) is 1.34. The predicted molar refractivity (Wildman–Crippen MR) is 64.3 cm³/mol. The molecule has 0 N–H and O–H groups in total. The molecule has 0 heterocycles. The molecule has 0 saturated heterocycles. The van der Waals surface area contributed by atoms with Crippen molar-refractivity contribution in [2.45, 2.75) is 19.0 Å². The third-order valence-electron chi connectivity index (χ3n) is 2.19. The summed E-state index contributed by atoms with van der Waals surface area (Å²) in [4.78, 5) is 11.5. The molecule has 0 aliphatic heterocycles. The van der Waals surface area contributed by atoms with E-state index in [1.54, 1.807) is 0 Å². The molecule has 0 bridgehead atoms. The maximum Gasteiger partial charge on any atom is 0.411 e. The number of hydrogen-bond acceptors (Lipinski definition) is 2. The molecule has 1 aromatic rings. The van der Waals surface area contributed by atoms with Gasteiger partial charge >= 0.3 is 6.18 Å². The fourth-order valence-corrected chi connectivity index (χ4v) is 1.83. The number of halogens is 5. The standard InChI is InChI=1S/C12H11BrF4O2/c13-11-6-9(14)2-1-8(11)5-10(18)3-4-19-7-12(15,16)17/h1-2,6H,3-5,7H2. The molecule has 0 saturated carbocycles. The molecule has 1 rings (SSSR count). The Kier molecular flexibility index (Phi) is 5.93. The monoisotopic (exact) mass is 342 g/mol. The first-order chi connectivity index (χ1) is 8.78. The third kappa shape index (κ3) is 6.68. The van der Waals surface area contributed by atoms with E-state index >= 15 is 0 Å². The third-order valence-corrected chi connectivity index (χ3v) is 2.93. The zero-order valence-corrected chi connectivity index (χ0v) is 11.4. The van der Waals surface area contributed by atoms with E-state index in [2.05, 4.69) is 20.7 Å². The Morgan fingerprint density at radius 3 is 2.58 bits per heavy atom. The first kappa shape index (κ1) is 16.1. The van der Waals surface area contributed by atoms with Crippen LogP contribution in [-0.4, -0.2) is 25.2 Å². The largest absolute Gasteiger partial charge is 0.411 e. The quantitative estimate of drug-likeness (QED) is 0.582. The second-order valence-electron chi connectivity index (χ2n) is 3.87. The minimum absolute atomic E-state index is 0.0240. The number of ketones is 1. The van der Waals surface area contributed by atoms with E-state index in [0.29, 0.717) is 10.0 Å². The first-order valence-electron chi connectivity index (χ1n) is 5.38. The van der Waals surface area contributed by atoms with Crippen molar-refractivity contribution >= 4 is 21.7 Å². The average Bonchev–Trinajstić information content (AvgIpc) is 2.27. The molecule has 0 atom stereocenters. The van der Waals surface area contributed by atoms with Gasteiger partial charge in [0.25, 0.3) is 0 Å². The van der Waals surface area contributed by atoms with Crippen molar-refractivity contribution in [3.63, 3.8) is 0 Å². The number of carbonyl (C=O) groups is 1. The lowest BCUT2D eigenvalue weighted by atomic mass is 10.1. The highest BCUT2D eigenvalue weighted by molar-refractivity contribution is 9.10. The van der Waals surface area contributed by atoms with Crippen molar-refractivity contribution in [1.29, 1.82) is 0 Å². The van der Waals surface area contributed by atoms with Gasteiger partial charge in [-0.05, 0) is 17.7 Å². The number of hydrogen-bond donors (Lipinski definition) is 0. The van der Waals surface area contributed by atoms with E-state index in [1.807, 2.05) is 0 Å². The number of Topliss-reactive ketones (excluding diaryl/α,β-unsaturated/α-hetero) is 1. The van der Waals surface area contributed by atoms with Crippen LogP contribution in [0, 0.1) is 5.82 Å². The molecular formula is C12H11BrF4O2. The summed E-state index contributed by atoms with van der Waals surface area (Å²) in [7, 11) is 0. The summed E-state index contributed by atoms with van der Waals surface area (Å²) in [5.74, 6) is -0.703. The topological polar surface area (TPSA) is 26.3 Å². The Morgan fingerprint density at radius 2 is 2.00 bits per heavy atom. The molecule has 1 aromatic carbocycles. The van der Waals surface area contributed by atoms with Crippen molar-refractivity contribution in [1.82, 2.24) is 0 Å². The average molecular weight is 343 g/mol. The number of rotatable bonds is 6. The van der Waals surface area contributed by atoms with Crippen molar-refractivity contribution in [2.75, 3.05) is 13.2 Å². The van der Waals surface area contributed by atoms with E-state index in [1.165, 1.54) is 18.2 Å². The summed E-state index contributed by atoms with van der Waals surface area (Å²) in [5, 5.41) is 0. The highest BCUT2D eigenvalue weighted by atomic mass is 79.9. The van der Waals surface area contributed by atoms with Gasteiger partial charge in [0.2, 0.25) is 0 Å². The summed E-state index contributed by atoms with van der Waals surface area (Å²) in [6.07, 6.45) is -4.47.